The number of hydrogen-bond acceptors (Lipinski definition) is 4. The molecule has 0 bridgehead atoms. The van der Waals surface area contributed by atoms with Crippen molar-refractivity contribution in [1.82, 2.24) is 5.32 Å². The minimum Gasteiger partial charge on any atom is -0.478 e. The number of amidine groups is 1. The molecule has 0 aliphatic heterocycles. The molecule has 2 N–H and O–H groups in total. The first kappa shape index (κ1) is 12.1. The van der Waals surface area contributed by atoms with E-state index in [2.05, 4.69) is 10.3 Å². The topological polar surface area (TPSA) is 85.5 Å². The highest BCUT2D eigenvalue weighted by Crippen LogP contribution is 2.14. The van der Waals surface area contributed by atoms with Gasteiger partial charge in [-0.15, -0.1) is 0 Å². The second-order valence-corrected chi connectivity index (χ2v) is 3.50. The molecule has 0 spiro atoms. The predicted molar refractivity (Wildman–Crippen MR) is 62.8 cm³/mol. The van der Waals surface area contributed by atoms with Gasteiger partial charge in [0.15, 0.2) is 11.4 Å². The van der Waals surface area contributed by atoms with E-state index in [1.54, 1.807) is 24.6 Å². The first-order chi connectivity index (χ1) is 7.67. The van der Waals surface area contributed by atoms with Crippen molar-refractivity contribution in [2.45, 2.75) is 0 Å². The molecule has 0 radical (unpaired) electrons. The van der Waals surface area contributed by atoms with E-state index < -0.39 is 5.97 Å². The number of benzene rings is 1. The number of nitrogens with one attached hydrogen (secondary N) is 1. The van der Waals surface area contributed by atoms with Gasteiger partial charge in [0.1, 0.15) is 0 Å². The van der Waals surface area contributed by atoms with Crippen molar-refractivity contribution in [2.75, 3.05) is 6.26 Å². The summed E-state index contributed by atoms with van der Waals surface area (Å²) in [6, 6.07) is 6.09. The van der Waals surface area contributed by atoms with Crippen LogP contribution in [0.5, 0.6) is 0 Å². The Hall–Kier alpha value is -2.00. The number of carboxylic acids is 1. The highest BCUT2D eigenvalue weighted by atomic mass is 32.2. The molecule has 1 rings (SSSR count). The van der Waals surface area contributed by atoms with Gasteiger partial charge >= 0.3 is 5.97 Å². The number of nitriles is 1. The highest BCUT2D eigenvalue weighted by molar-refractivity contribution is 8.13. The summed E-state index contributed by atoms with van der Waals surface area (Å²) in [5.41, 5.74) is 0.801. The van der Waals surface area contributed by atoms with Crippen LogP contribution in [0.15, 0.2) is 29.3 Å². The smallest absolute Gasteiger partial charge is 0.335 e. The number of carboxylic acid groups (broad SMARTS) is 1. The third-order valence-corrected chi connectivity index (χ3v) is 2.28. The number of hydrogen-bond donors (Lipinski definition) is 2. The Labute approximate surface area is 96.8 Å². The molecule has 5 nitrogen and oxygen atoms in total. The van der Waals surface area contributed by atoms with E-state index in [1.807, 2.05) is 0 Å². The Morgan fingerprint density at radius 1 is 1.50 bits per heavy atom. The fraction of sp³-hybridized carbons (Fsp3) is 0.100. The molecule has 82 valence electrons. The Bertz CT molecular complexity index is 448. The van der Waals surface area contributed by atoms with Gasteiger partial charge in [-0.3, -0.25) is 5.32 Å². The lowest BCUT2D eigenvalue weighted by atomic mass is 10.2. The standard InChI is InChI=1S/C10H9N3O2S/c1-16-10(12-6-11)13-8-4-2-7(3-5-8)9(14)15/h2-5H,1H3,(H,12,13)(H,14,15). The number of nitrogens with zero attached hydrogens (tertiary/aromatic N) is 2. The van der Waals surface area contributed by atoms with E-state index in [-0.39, 0.29) is 5.56 Å². The Balaban J connectivity index is 2.90. The van der Waals surface area contributed by atoms with Crippen molar-refractivity contribution in [2.24, 2.45) is 4.99 Å². The van der Waals surface area contributed by atoms with Gasteiger partial charge in [0.05, 0.1) is 11.3 Å². The quantitative estimate of drug-likeness (QED) is 0.353. The van der Waals surface area contributed by atoms with E-state index in [1.165, 1.54) is 23.9 Å². The largest absolute Gasteiger partial charge is 0.478 e. The van der Waals surface area contributed by atoms with Gasteiger partial charge in [-0.2, -0.15) is 5.26 Å². The molecule has 1 aromatic rings. The Morgan fingerprint density at radius 3 is 2.56 bits per heavy atom. The Kier molecular flexibility index (Phi) is 4.36. The number of aliphatic imine (C=N–C) groups is 1. The fourth-order valence-corrected chi connectivity index (χ4v) is 1.31. The zero-order valence-corrected chi connectivity index (χ0v) is 9.28. The average Bonchev–Trinajstić information content (AvgIpc) is 2.29. The van der Waals surface area contributed by atoms with Crippen LogP contribution >= 0.6 is 11.8 Å². The molecule has 0 aromatic heterocycles. The van der Waals surface area contributed by atoms with Gasteiger partial charge in [0.2, 0.25) is 0 Å². The summed E-state index contributed by atoms with van der Waals surface area (Å²) >= 11 is 1.30. The molecule has 0 saturated heterocycles. The summed E-state index contributed by atoms with van der Waals surface area (Å²) in [6.07, 6.45) is 3.56. The van der Waals surface area contributed by atoms with E-state index in [0.29, 0.717) is 10.9 Å². The van der Waals surface area contributed by atoms with Gasteiger partial charge in [-0.05, 0) is 30.5 Å². The van der Waals surface area contributed by atoms with Gasteiger partial charge in [0, 0.05) is 0 Å². The van der Waals surface area contributed by atoms with Gasteiger partial charge in [-0.25, -0.2) is 9.79 Å². The number of carbonyl (C=O) groups is 1. The molecule has 6 heteroatoms. The first-order valence-corrected chi connectivity index (χ1v) is 5.51. The Morgan fingerprint density at radius 2 is 2.12 bits per heavy atom. The second kappa shape index (κ2) is 5.78. The normalized spacial score (nSPS) is 10.6. The fourth-order valence-electron chi connectivity index (χ4n) is 0.968. The van der Waals surface area contributed by atoms with Crippen LogP contribution in [0.4, 0.5) is 5.69 Å². The van der Waals surface area contributed by atoms with Crippen molar-refractivity contribution in [3.05, 3.63) is 29.8 Å². The van der Waals surface area contributed by atoms with E-state index in [9.17, 15) is 4.79 Å². The SMILES string of the molecule is CSC(=Nc1ccc(C(=O)O)cc1)NC#N. The zero-order chi connectivity index (χ0) is 12.0. The van der Waals surface area contributed by atoms with Crippen molar-refractivity contribution < 1.29 is 9.90 Å². The maximum Gasteiger partial charge on any atom is 0.335 e. The monoisotopic (exact) mass is 235 g/mol. The second-order valence-electron chi connectivity index (χ2n) is 2.71. The van der Waals surface area contributed by atoms with Crippen LogP contribution in [0, 0.1) is 11.5 Å². The lowest BCUT2D eigenvalue weighted by molar-refractivity contribution is 0.0697. The van der Waals surface area contributed by atoms with Crippen LogP contribution in [-0.4, -0.2) is 22.5 Å². The first-order valence-electron chi connectivity index (χ1n) is 4.28. The maximum atomic E-state index is 10.6. The van der Waals surface area contributed by atoms with Crippen molar-refractivity contribution in [3.63, 3.8) is 0 Å². The molecular formula is C10H9N3O2S. The molecular weight excluding hydrogens is 226 g/mol. The summed E-state index contributed by atoms with van der Waals surface area (Å²) in [7, 11) is 0. The molecule has 0 atom stereocenters. The predicted octanol–water partition coefficient (Wildman–Crippen LogP) is 1.81. The molecule has 0 heterocycles. The molecule has 0 amide bonds. The lowest BCUT2D eigenvalue weighted by Crippen LogP contribution is -2.12. The maximum absolute atomic E-state index is 10.6. The zero-order valence-electron chi connectivity index (χ0n) is 8.47. The molecule has 0 aliphatic carbocycles. The van der Waals surface area contributed by atoms with Crippen LogP contribution in [0.3, 0.4) is 0 Å². The molecule has 16 heavy (non-hydrogen) atoms. The third-order valence-electron chi connectivity index (χ3n) is 1.70. The van der Waals surface area contributed by atoms with Crippen LogP contribution in [0.1, 0.15) is 10.4 Å². The number of thioether (sulfide) groups is 1. The molecule has 0 saturated carbocycles. The summed E-state index contributed by atoms with van der Waals surface area (Å²) < 4.78 is 0. The molecule has 1 aromatic carbocycles. The number of aromatic carboxylic acids is 1. The van der Waals surface area contributed by atoms with Gasteiger partial charge < -0.3 is 5.11 Å². The summed E-state index contributed by atoms with van der Waals surface area (Å²) in [5, 5.41) is 20.0. The lowest BCUT2D eigenvalue weighted by Gasteiger charge is -2.00. The number of rotatable bonds is 2. The summed E-state index contributed by atoms with van der Waals surface area (Å²) in [4.78, 5) is 14.7. The van der Waals surface area contributed by atoms with Crippen LogP contribution in [-0.2, 0) is 0 Å². The van der Waals surface area contributed by atoms with Gasteiger partial charge in [-0.1, -0.05) is 11.8 Å². The van der Waals surface area contributed by atoms with Crippen LogP contribution in [0.25, 0.3) is 0 Å². The average molecular weight is 235 g/mol. The van der Waals surface area contributed by atoms with E-state index >= 15 is 0 Å². The summed E-state index contributed by atoms with van der Waals surface area (Å²) in [5.74, 6) is -0.976. The van der Waals surface area contributed by atoms with Crippen molar-refractivity contribution in [3.8, 4) is 6.19 Å². The third kappa shape index (κ3) is 3.29. The molecule has 0 unspecified atom stereocenters. The minimum atomic E-state index is -0.976. The van der Waals surface area contributed by atoms with Crippen molar-refractivity contribution >= 4 is 28.6 Å². The van der Waals surface area contributed by atoms with Crippen molar-refractivity contribution in [1.29, 1.82) is 5.26 Å². The summed E-state index contributed by atoms with van der Waals surface area (Å²) in [6.45, 7) is 0. The van der Waals surface area contributed by atoms with Gasteiger partial charge in [0.25, 0.3) is 0 Å². The van der Waals surface area contributed by atoms with Crippen LogP contribution in [0.2, 0.25) is 0 Å². The van der Waals surface area contributed by atoms with E-state index in [0.717, 1.165) is 0 Å². The van der Waals surface area contributed by atoms with Crippen LogP contribution < -0.4 is 5.32 Å². The van der Waals surface area contributed by atoms with E-state index in [4.69, 9.17) is 10.4 Å². The molecule has 0 aliphatic rings. The minimum absolute atomic E-state index is 0.206. The molecule has 0 fully saturated rings. The highest BCUT2D eigenvalue weighted by Gasteiger charge is 2.01.